The molecule has 6 nitrogen and oxygen atoms in total. The third-order valence-corrected chi connectivity index (χ3v) is 4.70. The van der Waals surface area contributed by atoms with E-state index < -0.39 is 11.6 Å². The summed E-state index contributed by atoms with van der Waals surface area (Å²) in [6.45, 7) is 11.1. The van der Waals surface area contributed by atoms with Gasteiger partial charge in [0.15, 0.2) is 11.6 Å². The second-order valence-electron chi connectivity index (χ2n) is 7.67. The molecule has 3 aliphatic rings. The van der Waals surface area contributed by atoms with E-state index in [4.69, 9.17) is 18.9 Å². The van der Waals surface area contributed by atoms with Crippen LogP contribution in [0.1, 0.15) is 34.6 Å². The summed E-state index contributed by atoms with van der Waals surface area (Å²) in [7, 11) is 0. The SMILES string of the molecule is C[C@@H](CO)NCC1=C[C@H]2OC(C)(C)O[C@H]2[C@@H]2OC(C)(C)OC[C@H]12. The van der Waals surface area contributed by atoms with Crippen molar-refractivity contribution in [3.8, 4) is 0 Å². The second kappa shape index (κ2) is 6.10. The van der Waals surface area contributed by atoms with Gasteiger partial charge in [-0.3, -0.25) is 0 Å². The third-order valence-electron chi connectivity index (χ3n) is 4.70. The first kappa shape index (κ1) is 17.3. The maximum Gasteiger partial charge on any atom is 0.164 e. The van der Waals surface area contributed by atoms with E-state index in [1.54, 1.807) is 0 Å². The van der Waals surface area contributed by atoms with Gasteiger partial charge < -0.3 is 29.4 Å². The summed E-state index contributed by atoms with van der Waals surface area (Å²) in [5, 5.41) is 12.5. The molecule has 2 heterocycles. The van der Waals surface area contributed by atoms with Crippen molar-refractivity contribution in [2.24, 2.45) is 5.92 Å². The third kappa shape index (κ3) is 3.62. The highest BCUT2D eigenvalue weighted by molar-refractivity contribution is 5.23. The van der Waals surface area contributed by atoms with Gasteiger partial charge in [0.1, 0.15) is 12.2 Å². The molecule has 0 unspecified atom stereocenters. The van der Waals surface area contributed by atoms with Gasteiger partial charge in [0.2, 0.25) is 0 Å². The number of rotatable bonds is 4. The van der Waals surface area contributed by atoms with E-state index in [2.05, 4.69) is 11.4 Å². The quantitative estimate of drug-likeness (QED) is 0.756. The number of nitrogens with one attached hydrogen (secondary N) is 1. The molecule has 0 radical (unpaired) electrons. The summed E-state index contributed by atoms with van der Waals surface area (Å²) in [6.07, 6.45) is 1.83. The molecule has 2 aliphatic heterocycles. The number of fused-ring (bicyclic) bond motifs is 3. The Bertz CT molecular complexity index is 476. The van der Waals surface area contributed by atoms with Gasteiger partial charge in [0.25, 0.3) is 0 Å². The molecule has 2 fully saturated rings. The molecule has 1 aliphatic carbocycles. The fourth-order valence-electron chi connectivity index (χ4n) is 3.52. The Hall–Kier alpha value is -0.500. The van der Waals surface area contributed by atoms with E-state index in [-0.39, 0.29) is 36.9 Å². The van der Waals surface area contributed by atoms with Gasteiger partial charge in [0, 0.05) is 18.5 Å². The number of aliphatic hydroxyl groups is 1. The molecular formula is C17H29NO5. The largest absolute Gasteiger partial charge is 0.395 e. The summed E-state index contributed by atoms with van der Waals surface area (Å²) in [5.74, 6) is -1.08. The Morgan fingerprint density at radius 2 is 1.87 bits per heavy atom. The van der Waals surface area contributed by atoms with Gasteiger partial charge in [-0.1, -0.05) is 6.08 Å². The smallest absolute Gasteiger partial charge is 0.164 e. The van der Waals surface area contributed by atoms with Crippen LogP contribution in [-0.2, 0) is 18.9 Å². The first-order valence-corrected chi connectivity index (χ1v) is 8.43. The van der Waals surface area contributed by atoms with Gasteiger partial charge in [-0.25, -0.2) is 0 Å². The Balaban J connectivity index is 1.82. The minimum Gasteiger partial charge on any atom is -0.395 e. The van der Waals surface area contributed by atoms with Crippen molar-refractivity contribution < 1.29 is 24.1 Å². The lowest BCUT2D eigenvalue weighted by atomic mass is 9.81. The predicted octanol–water partition coefficient (Wildman–Crippen LogP) is 1.18. The molecule has 3 rings (SSSR count). The first-order valence-electron chi connectivity index (χ1n) is 8.43. The van der Waals surface area contributed by atoms with Crippen molar-refractivity contribution >= 4 is 0 Å². The monoisotopic (exact) mass is 327 g/mol. The zero-order valence-corrected chi connectivity index (χ0v) is 14.7. The summed E-state index contributed by atoms with van der Waals surface area (Å²) in [6, 6.07) is 0.0473. The van der Waals surface area contributed by atoms with Crippen molar-refractivity contribution in [2.45, 2.75) is 70.5 Å². The maximum atomic E-state index is 9.21. The van der Waals surface area contributed by atoms with Crippen molar-refractivity contribution in [1.82, 2.24) is 5.32 Å². The lowest BCUT2D eigenvalue weighted by molar-refractivity contribution is -0.308. The average Bonchev–Trinajstić information content (AvgIpc) is 2.77. The Morgan fingerprint density at radius 3 is 2.57 bits per heavy atom. The van der Waals surface area contributed by atoms with Crippen molar-refractivity contribution in [3.63, 3.8) is 0 Å². The zero-order valence-electron chi connectivity index (χ0n) is 14.7. The van der Waals surface area contributed by atoms with Crippen LogP contribution >= 0.6 is 0 Å². The van der Waals surface area contributed by atoms with Gasteiger partial charge in [0.05, 0.1) is 19.3 Å². The van der Waals surface area contributed by atoms with Crippen LogP contribution in [-0.4, -0.2) is 60.8 Å². The maximum absolute atomic E-state index is 9.21. The number of aliphatic hydroxyl groups excluding tert-OH is 1. The van der Waals surface area contributed by atoms with E-state index in [1.165, 1.54) is 5.57 Å². The standard InChI is InChI=1S/C17H29NO5/c1-10(8-19)18-7-11-6-13-15(23-17(4,5)21-13)14-12(11)9-20-16(2,3)22-14/h6,10,12-15,18-19H,7-9H2,1-5H3/t10-,12+,13+,14+,15+/m0/s1. The van der Waals surface area contributed by atoms with Gasteiger partial charge in [-0.05, 0) is 40.2 Å². The highest BCUT2D eigenvalue weighted by atomic mass is 16.8. The Morgan fingerprint density at radius 1 is 1.17 bits per heavy atom. The molecule has 0 aromatic heterocycles. The van der Waals surface area contributed by atoms with Crippen LogP contribution < -0.4 is 5.32 Å². The average molecular weight is 327 g/mol. The van der Waals surface area contributed by atoms with Crippen LogP contribution in [0.15, 0.2) is 11.6 Å². The summed E-state index contributed by atoms with van der Waals surface area (Å²) in [4.78, 5) is 0. The highest BCUT2D eigenvalue weighted by Crippen LogP contribution is 2.43. The number of ether oxygens (including phenoxy) is 4. The molecule has 0 saturated carbocycles. The van der Waals surface area contributed by atoms with E-state index in [0.717, 1.165) is 0 Å². The van der Waals surface area contributed by atoms with Crippen molar-refractivity contribution in [2.75, 3.05) is 19.8 Å². The Kier molecular flexibility index (Phi) is 4.59. The molecule has 132 valence electrons. The molecule has 5 atom stereocenters. The van der Waals surface area contributed by atoms with Gasteiger partial charge in [-0.2, -0.15) is 0 Å². The van der Waals surface area contributed by atoms with Gasteiger partial charge >= 0.3 is 0 Å². The highest BCUT2D eigenvalue weighted by Gasteiger charge is 2.53. The fraction of sp³-hybridized carbons (Fsp3) is 0.882. The molecule has 0 aromatic rings. The normalized spacial score (nSPS) is 39.3. The van der Waals surface area contributed by atoms with Crippen LogP contribution in [0.4, 0.5) is 0 Å². The van der Waals surface area contributed by atoms with Crippen LogP contribution in [0, 0.1) is 5.92 Å². The zero-order chi connectivity index (χ0) is 16.8. The number of hydrogen-bond acceptors (Lipinski definition) is 6. The molecule has 0 spiro atoms. The second-order valence-corrected chi connectivity index (χ2v) is 7.67. The van der Waals surface area contributed by atoms with E-state index in [9.17, 15) is 5.11 Å². The Labute approximate surface area is 138 Å². The van der Waals surface area contributed by atoms with E-state index in [0.29, 0.717) is 13.2 Å². The van der Waals surface area contributed by atoms with Crippen LogP contribution in [0.2, 0.25) is 0 Å². The lowest BCUT2D eigenvalue weighted by Crippen LogP contribution is -2.56. The van der Waals surface area contributed by atoms with E-state index in [1.807, 2.05) is 34.6 Å². The summed E-state index contributed by atoms with van der Waals surface area (Å²) >= 11 is 0. The first-order chi connectivity index (χ1) is 10.7. The van der Waals surface area contributed by atoms with Crippen LogP contribution in [0.5, 0.6) is 0 Å². The predicted molar refractivity (Wildman–Crippen MR) is 84.9 cm³/mol. The molecule has 0 aromatic carbocycles. The molecule has 0 bridgehead atoms. The minimum absolute atomic E-state index is 0.0473. The van der Waals surface area contributed by atoms with Gasteiger partial charge in [-0.15, -0.1) is 0 Å². The molecule has 2 N–H and O–H groups in total. The minimum atomic E-state index is -0.615. The van der Waals surface area contributed by atoms with E-state index >= 15 is 0 Å². The molecule has 23 heavy (non-hydrogen) atoms. The number of hydrogen-bond donors (Lipinski definition) is 2. The molecule has 0 amide bonds. The van der Waals surface area contributed by atoms with Crippen molar-refractivity contribution in [3.05, 3.63) is 11.6 Å². The van der Waals surface area contributed by atoms with Crippen molar-refractivity contribution in [1.29, 1.82) is 0 Å². The summed E-state index contributed by atoms with van der Waals surface area (Å²) in [5.41, 5.74) is 1.20. The van der Waals surface area contributed by atoms with Crippen LogP contribution in [0.3, 0.4) is 0 Å². The molecular weight excluding hydrogens is 298 g/mol. The topological polar surface area (TPSA) is 69.2 Å². The fourth-order valence-corrected chi connectivity index (χ4v) is 3.52. The molecule has 6 heteroatoms. The lowest BCUT2D eigenvalue weighted by Gasteiger charge is -2.46. The molecule has 2 saturated heterocycles. The van der Waals surface area contributed by atoms with Crippen LogP contribution in [0.25, 0.3) is 0 Å². The summed E-state index contributed by atoms with van der Waals surface area (Å²) < 4.78 is 24.2.